The predicted octanol–water partition coefficient (Wildman–Crippen LogP) is 3.51. The molecule has 8 heteroatoms. The number of carbonyl (C=O) groups excluding carboxylic acids is 1. The van der Waals surface area contributed by atoms with Gasteiger partial charge in [-0.05, 0) is 32.0 Å². The minimum Gasteiger partial charge on any atom is -0.459 e. The molecule has 1 amide bonds. The van der Waals surface area contributed by atoms with E-state index in [1.165, 1.54) is 0 Å². The van der Waals surface area contributed by atoms with Crippen LogP contribution >= 0.6 is 24.0 Å². The molecule has 0 radical (unpaired) electrons. The number of aryl methyl sites for hydroxylation is 1. The van der Waals surface area contributed by atoms with E-state index < -0.39 is 0 Å². The van der Waals surface area contributed by atoms with Crippen molar-refractivity contribution in [3.8, 4) is 0 Å². The highest BCUT2D eigenvalue weighted by Gasteiger charge is 2.12. The topological polar surface area (TPSA) is 82.8 Å². The van der Waals surface area contributed by atoms with Gasteiger partial charge in [0.25, 0.3) is 0 Å². The Labute approximate surface area is 200 Å². The van der Waals surface area contributed by atoms with Crippen molar-refractivity contribution in [1.82, 2.24) is 20.5 Å². The first-order chi connectivity index (χ1) is 14.6. The summed E-state index contributed by atoms with van der Waals surface area (Å²) in [5.74, 6) is 1.41. The Morgan fingerprint density at radius 2 is 1.94 bits per heavy atom. The zero-order valence-electron chi connectivity index (χ0n) is 18.2. The lowest BCUT2D eigenvalue weighted by Gasteiger charge is -2.16. The molecule has 0 aliphatic heterocycles. The van der Waals surface area contributed by atoms with Gasteiger partial charge in [0, 0.05) is 49.4 Å². The number of likely N-dealkylation sites (N-methyl/N-ethyl adjacent to an activating group) is 1. The first kappa shape index (κ1) is 24.6. The smallest absolute Gasteiger partial charge is 0.244 e. The van der Waals surface area contributed by atoms with Crippen LogP contribution in [0.3, 0.4) is 0 Å². The standard InChI is InChI=1S/C23H29N5O2.HI/c1-4-24-23(26-15-21-17(2)19-10-5-6-11-20(19)30-21)27-16-22(29)28(3)14-12-18-9-7-8-13-25-18;/h5-11,13H,4,12,14-16H2,1-3H3,(H2,24,26,27);1H. The number of furan rings is 1. The van der Waals surface area contributed by atoms with Crippen molar-refractivity contribution in [3.05, 3.63) is 65.7 Å². The van der Waals surface area contributed by atoms with Gasteiger partial charge in [-0.1, -0.05) is 24.3 Å². The van der Waals surface area contributed by atoms with Crippen LogP contribution in [0.5, 0.6) is 0 Å². The number of pyridine rings is 1. The quantitative estimate of drug-likeness (QED) is 0.262. The molecule has 1 aromatic carbocycles. The number of aliphatic imine (C=N–C) groups is 1. The zero-order chi connectivity index (χ0) is 21.3. The molecule has 7 nitrogen and oxygen atoms in total. The molecular weight excluding hydrogens is 505 g/mol. The largest absolute Gasteiger partial charge is 0.459 e. The van der Waals surface area contributed by atoms with E-state index in [1.54, 1.807) is 18.1 Å². The SMILES string of the molecule is CCNC(=NCC(=O)N(C)CCc1ccccn1)NCc1oc2ccccc2c1C.I. The van der Waals surface area contributed by atoms with Crippen molar-refractivity contribution in [3.63, 3.8) is 0 Å². The number of benzene rings is 1. The Bertz CT molecular complexity index is 1000. The molecule has 3 rings (SSSR count). The Hall–Kier alpha value is -2.62. The summed E-state index contributed by atoms with van der Waals surface area (Å²) in [5, 5.41) is 7.54. The first-order valence-corrected chi connectivity index (χ1v) is 10.2. The molecule has 0 atom stereocenters. The van der Waals surface area contributed by atoms with Gasteiger partial charge in [-0.2, -0.15) is 0 Å². The number of nitrogens with one attached hydrogen (secondary N) is 2. The number of guanidine groups is 1. The molecule has 0 aliphatic carbocycles. The second-order valence-corrected chi connectivity index (χ2v) is 7.08. The van der Waals surface area contributed by atoms with Gasteiger partial charge < -0.3 is 20.0 Å². The molecule has 0 bridgehead atoms. The van der Waals surface area contributed by atoms with Gasteiger partial charge >= 0.3 is 0 Å². The minimum atomic E-state index is -0.0388. The Morgan fingerprint density at radius 1 is 1.16 bits per heavy atom. The third-order valence-corrected chi connectivity index (χ3v) is 4.93. The molecule has 0 aliphatic rings. The van der Waals surface area contributed by atoms with E-state index in [0.717, 1.165) is 34.4 Å². The number of halogens is 1. The van der Waals surface area contributed by atoms with E-state index in [1.807, 2.05) is 50.2 Å². The molecule has 2 N–H and O–H groups in total. The van der Waals surface area contributed by atoms with E-state index >= 15 is 0 Å². The van der Waals surface area contributed by atoms with Gasteiger partial charge in [-0.25, -0.2) is 4.99 Å². The molecule has 0 saturated heterocycles. The normalized spacial score (nSPS) is 11.1. The fourth-order valence-corrected chi connectivity index (χ4v) is 3.12. The number of hydrogen-bond donors (Lipinski definition) is 2. The van der Waals surface area contributed by atoms with Crippen molar-refractivity contribution >= 4 is 46.8 Å². The molecule has 0 unspecified atom stereocenters. The highest BCUT2D eigenvalue weighted by Crippen LogP contribution is 2.24. The summed E-state index contributed by atoms with van der Waals surface area (Å²) in [4.78, 5) is 22.9. The molecule has 0 spiro atoms. The van der Waals surface area contributed by atoms with Gasteiger partial charge in [-0.3, -0.25) is 9.78 Å². The molecular formula is C23H30IN5O2. The maximum absolute atomic E-state index is 12.4. The minimum absolute atomic E-state index is 0. The monoisotopic (exact) mass is 535 g/mol. The van der Waals surface area contributed by atoms with Crippen LogP contribution in [0, 0.1) is 6.92 Å². The highest BCUT2D eigenvalue weighted by atomic mass is 127. The Kier molecular flexibility index (Phi) is 9.77. The van der Waals surface area contributed by atoms with Crippen molar-refractivity contribution in [2.45, 2.75) is 26.8 Å². The van der Waals surface area contributed by atoms with Crippen LogP contribution in [-0.4, -0.2) is 48.4 Å². The van der Waals surface area contributed by atoms with Crippen LogP contribution in [0.25, 0.3) is 11.0 Å². The van der Waals surface area contributed by atoms with Crippen LogP contribution in [0.4, 0.5) is 0 Å². The van der Waals surface area contributed by atoms with E-state index in [-0.39, 0.29) is 36.4 Å². The summed E-state index contributed by atoms with van der Waals surface area (Å²) in [6.45, 7) is 5.92. The van der Waals surface area contributed by atoms with Crippen LogP contribution in [-0.2, 0) is 17.8 Å². The fraction of sp³-hybridized carbons (Fsp3) is 0.348. The van der Waals surface area contributed by atoms with Crippen molar-refractivity contribution in [2.75, 3.05) is 26.7 Å². The van der Waals surface area contributed by atoms with E-state index in [0.29, 0.717) is 25.6 Å². The van der Waals surface area contributed by atoms with Crippen LogP contribution in [0.2, 0.25) is 0 Å². The summed E-state index contributed by atoms with van der Waals surface area (Å²) < 4.78 is 5.94. The number of fused-ring (bicyclic) bond motifs is 1. The zero-order valence-corrected chi connectivity index (χ0v) is 20.6. The number of nitrogens with zero attached hydrogens (tertiary/aromatic N) is 3. The van der Waals surface area contributed by atoms with Crippen LogP contribution < -0.4 is 10.6 Å². The molecule has 31 heavy (non-hydrogen) atoms. The molecule has 0 fully saturated rings. The van der Waals surface area contributed by atoms with E-state index in [9.17, 15) is 4.79 Å². The number of rotatable bonds is 8. The fourth-order valence-electron chi connectivity index (χ4n) is 3.12. The number of amides is 1. The lowest BCUT2D eigenvalue weighted by atomic mass is 10.1. The summed E-state index contributed by atoms with van der Waals surface area (Å²) in [6.07, 6.45) is 2.48. The second kappa shape index (κ2) is 12.3. The molecule has 2 heterocycles. The third-order valence-electron chi connectivity index (χ3n) is 4.93. The third kappa shape index (κ3) is 6.95. The number of aromatic nitrogens is 1. The lowest BCUT2D eigenvalue weighted by molar-refractivity contribution is -0.128. The van der Waals surface area contributed by atoms with Gasteiger partial charge in [-0.15, -0.1) is 24.0 Å². The van der Waals surface area contributed by atoms with Gasteiger partial charge in [0.15, 0.2) is 5.96 Å². The Balaban J connectivity index is 0.00000341. The summed E-state index contributed by atoms with van der Waals surface area (Å²) in [6, 6.07) is 13.8. The number of carbonyl (C=O) groups is 1. The van der Waals surface area contributed by atoms with E-state index in [4.69, 9.17) is 4.42 Å². The summed E-state index contributed by atoms with van der Waals surface area (Å²) in [7, 11) is 1.79. The Morgan fingerprint density at radius 3 is 2.65 bits per heavy atom. The molecule has 166 valence electrons. The molecule has 2 aromatic heterocycles. The van der Waals surface area contributed by atoms with Crippen LogP contribution in [0.1, 0.15) is 23.9 Å². The van der Waals surface area contributed by atoms with Gasteiger partial charge in [0.2, 0.25) is 5.91 Å². The van der Waals surface area contributed by atoms with Crippen molar-refractivity contribution in [1.29, 1.82) is 0 Å². The first-order valence-electron chi connectivity index (χ1n) is 10.2. The molecule has 3 aromatic rings. The maximum Gasteiger partial charge on any atom is 0.244 e. The maximum atomic E-state index is 12.4. The van der Waals surface area contributed by atoms with Crippen LogP contribution in [0.15, 0.2) is 58.1 Å². The highest BCUT2D eigenvalue weighted by molar-refractivity contribution is 14.0. The van der Waals surface area contributed by atoms with Crippen molar-refractivity contribution in [2.24, 2.45) is 4.99 Å². The lowest BCUT2D eigenvalue weighted by Crippen LogP contribution is -2.38. The number of hydrogen-bond acceptors (Lipinski definition) is 4. The molecule has 0 saturated carbocycles. The van der Waals surface area contributed by atoms with Gasteiger partial charge in [0.1, 0.15) is 17.9 Å². The predicted molar refractivity (Wildman–Crippen MR) is 135 cm³/mol. The van der Waals surface area contributed by atoms with Gasteiger partial charge in [0.05, 0.1) is 6.54 Å². The average molecular weight is 535 g/mol. The summed E-state index contributed by atoms with van der Waals surface area (Å²) >= 11 is 0. The summed E-state index contributed by atoms with van der Waals surface area (Å²) in [5.41, 5.74) is 2.95. The van der Waals surface area contributed by atoms with Crippen molar-refractivity contribution < 1.29 is 9.21 Å². The average Bonchev–Trinajstić information content (AvgIpc) is 3.10. The number of para-hydroxylation sites is 1. The second-order valence-electron chi connectivity index (χ2n) is 7.08. The van der Waals surface area contributed by atoms with E-state index in [2.05, 4.69) is 26.7 Å².